The summed E-state index contributed by atoms with van der Waals surface area (Å²) >= 11 is 1.64. The van der Waals surface area contributed by atoms with Crippen molar-refractivity contribution in [3.8, 4) is 0 Å². The molecule has 4 nitrogen and oxygen atoms in total. The fraction of sp³-hybridized carbons (Fsp3) is 0.455. The van der Waals surface area contributed by atoms with Gasteiger partial charge in [0.05, 0.1) is 29.8 Å². The molecule has 1 aliphatic rings. The van der Waals surface area contributed by atoms with Crippen molar-refractivity contribution in [3.05, 3.63) is 34.8 Å². The zero-order valence-corrected chi connectivity index (χ0v) is 9.78. The molecule has 0 aromatic carbocycles. The maximum atomic E-state index is 4.31. The highest BCUT2D eigenvalue weighted by Gasteiger charge is 2.19. The van der Waals surface area contributed by atoms with E-state index in [9.17, 15) is 0 Å². The van der Waals surface area contributed by atoms with Crippen LogP contribution in [0.1, 0.15) is 30.3 Å². The van der Waals surface area contributed by atoms with Crippen LogP contribution in [0.4, 0.5) is 0 Å². The summed E-state index contributed by atoms with van der Waals surface area (Å²) in [6.45, 7) is 1.95. The molecule has 0 aliphatic carbocycles. The maximum absolute atomic E-state index is 4.31. The highest BCUT2D eigenvalue weighted by molar-refractivity contribution is 7.07. The van der Waals surface area contributed by atoms with E-state index in [0.717, 1.165) is 18.8 Å². The van der Waals surface area contributed by atoms with E-state index in [2.05, 4.69) is 25.2 Å². The Morgan fingerprint density at radius 2 is 2.56 bits per heavy atom. The molecule has 0 spiro atoms. The number of nitrogens with zero attached hydrogens (tertiary/aromatic N) is 3. The molecule has 1 fully saturated rings. The van der Waals surface area contributed by atoms with Crippen molar-refractivity contribution in [2.45, 2.75) is 25.4 Å². The Hall–Kier alpha value is -1.20. The molecule has 1 atom stereocenters. The van der Waals surface area contributed by atoms with Crippen molar-refractivity contribution >= 4 is 11.3 Å². The van der Waals surface area contributed by atoms with Crippen LogP contribution in [0.15, 0.2) is 23.4 Å². The lowest BCUT2D eigenvalue weighted by molar-refractivity contribution is 0.582. The molecule has 3 heterocycles. The summed E-state index contributed by atoms with van der Waals surface area (Å²) in [5, 5.41) is 5.59. The molecule has 2 aromatic heterocycles. The van der Waals surface area contributed by atoms with Crippen LogP contribution in [0.25, 0.3) is 0 Å². The van der Waals surface area contributed by atoms with Gasteiger partial charge < -0.3 is 9.88 Å². The molecule has 0 saturated carbocycles. The Balaban J connectivity index is 1.82. The van der Waals surface area contributed by atoms with Crippen LogP contribution in [0.2, 0.25) is 0 Å². The van der Waals surface area contributed by atoms with Gasteiger partial charge in [-0.15, -0.1) is 11.3 Å². The number of thiazole rings is 1. The second kappa shape index (κ2) is 4.35. The first-order valence-electron chi connectivity index (χ1n) is 5.54. The van der Waals surface area contributed by atoms with E-state index in [1.54, 1.807) is 11.3 Å². The third kappa shape index (κ3) is 1.88. The summed E-state index contributed by atoms with van der Waals surface area (Å²) in [5.74, 6) is 0. The van der Waals surface area contributed by atoms with Crippen LogP contribution in [0.5, 0.6) is 0 Å². The van der Waals surface area contributed by atoms with Gasteiger partial charge in [-0.1, -0.05) is 0 Å². The SMILES string of the molecule is c1nc(Cn2cncc2[C@@H]2CCCN2)cs1. The highest BCUT2D eigenvalue weighted by Crippen LogP contribution is 2.23. The van der Waals surface area contributed by atoms with Crippen LogP contribution >= 0.6 is 11.3 Å². The molecule has 1 N–H and O–H groups in total. The van der Waals surface area contributed by atoms with Crippen LogP contribution in [-0.2, 0) is 6.54 Å². The minimum absolute atomic E-state index is 0.473. The summed E-state index contributed by atoms with van der Waals surface area (Å²) in [4.78, 5) is 8.55. The minimum atomic E-state index is 0.473. The quantitative estimate of drug-likeness (QED) is 0.880. The lowest BCUT2D eigenvalue weighted by atomic mass is 10.2. The fourth-order valence-corrected chi connectivity index (χ4v) is 2.73. The zero-order chi connectivity index (χ0) is 10.8. The Bertz CT molecular complexity index is 442. The van der Waals surface area contributed by atoms with Gasteiger partial charge in [0.15, 0.2) is 0 Å². The molecule has 84 valence electrons. The standard InChI is InChI=1S/C11H14N4S/c1-2-10(13-3-1)11-4-12-7-15(11)5-9-6-16-8-14-9/h4,6-8,10,13H,1-3,5H2/t10-/m0/s1. The smallest absolute Gasteiger partial charge is 0.0952 e. The predicted octanol–water partition coefficient (Wildman–Crippen LogP) is 1.81. The van der Waals surface area contributed by atoms with Gasteiger partial charge in [0.1, 0.15) is 0 Å². The average Bonchev–Trinajstić information content (AvgIpc) is 2.98. The first kappa shape index (κ1) is 9.99. The van der Waals surface area contributed by atoms with E-state index in [1.165, 1.54) is 18.5 Å². The summed E-state index contributed by atoms with van der Waals surface area (Å²) in [6, 6.07) is 0.473. The van der Waals surface area contributed by atoms with Gasteiger partial charge >= 0.3 is 0 Å². The number of imidazole rings is 1. The van der Waals surface area contributed by atoms with E-state index >= 15 is 0 Å². The molecular weight excluding hydrogens is 220 g/mol. The van der Waals surface area contributed by atoms with Crippen LogP contribution in [0.3, 0.4) is 0 Å². The Kier molecular flexibility index (Phi) is 2.71. The Labute approximate surface area is 98.4 Å². The number of aromatic nitrogens is 3. The number of rotatable bonds is 3. The molecule has 0 radical (unpaired) electrons. The van der Waals surface area contributed by atoms with Gasteiger partial charge in [-0.2, -0.15) is 0 Å². The van der Waals surface area contributed by atoms with Gasteiger partial charge in [-0.25, -0.2) is 9.97 Å². The van der Waals surface area contributed by atoms with Gasteiger partial charge in [0.2, 0.25) is 0 Å². The van der Waals surface area contributed by atoms with Crippen molar-refractivity contribution in [1.29, 1.82) is 0 Å². The first-order valence-corrected chi connectivity index (χ1v) is 6.48. The highest BCUT2D eigenvalue weighted by atomic mass is 32.1. The van der Waals surface area contributed by atoms with E-state index in [4.69, 9.17) is 0 Å². The largest absolute Gasteiger partial charge is 0.327 e. The Morgan fingerprint density at radius 1 is 1.56 bits per heavy atom. The maximum Gasteiger partial charge on any atom is 0.0952 e. The molecular formula is C11H14N4S. The molecule has 5 heteroatoms. The van der Waals surface area contributed by atoms with E-state index in [-0.39, 0.29) is 0 Å². The predicted molar refractivity (Wildman–Crippen MR) is 63.4 cm³/mol. The van der Waals surface area contributed by atoms with E-state index in [1.807, 2.05) is 18.0 Å². The van der Waals surface area contributed by atoms with Crippen molar-refractivity contribution in [2.75, 3.05) is 6.54 Å². The second-order valence-electron chi connectivity index (χ2n) is 4.08. The summed E-state index contributed by atoms with van der Waals surface area (Å²) < 4.78 is 2.19. The third-order valence-corrected chi connectivity index (χ3v) is 3.61. The van der Waals surface area contributed by atoms with Crippen LogP contribution in [-0.4, -0.2) is 21.1 Å². The average molecular weight is 234 g/mol. The van der Waals surface area contributed by atoms with Gasteiger partial charge in [0.25, 0.3) is 0 Å². The van der Waals surface area contributed by atoms with Crippen molar-refractivity contribution in [3.63, 3.8) is 0 Å². The van der Waals surface area contributed by atoms with E-state index in [0.29, 0.717) is 6.04 Å². The third-order valence-electron chi connectivity index (χ3n) is 2.98. The van der Waals surface area contributed by atoms with Crippen LogP contribution < -0.4 is 5.32 Å². The number of nitrogens with one attached hydrogen (secondary N) is 1. The summed E-state index contributed by atoms with van der Waals surface area (Å²) in [5.41, 5.74) is 4.27. The van der Waals surface area contributed by atoms with Gasteiger partial charge in [-0.05, 0) is 19.4 Å². The normalized spacial score (nSPS) is 20.4. The fourth-order valence-electron chi connectivity index (χ4n) is 2.18. The molecule has 2 aromatic rings. The molecule has 1 saturated heterocycles. The lowest BCUT2D eigenvalue weighted by Crippen LogP contribution is -2.17. The van der Waals surface area contributed by atoms with Gasteiger partial charge in [0, 0.05) is 17.6 Å². The first-order chi connectivity index (χ1) is 7.93. The number of hydrogen-bond acceptors (Lipinski definition) is 4. The van der Waals surface area contributed by atoms with E-state index < -0.39 is 0 Å². The van der Waals surface area contributed by atoms with Gasteiger partial charge in [-0.3, -0.25) is 0 Å². The van der Waals surface area contributed by atoms with Crippen molar-refractivity contribution in [1.82, 2.24) is 19.9 Å². The summed E-state index contributed by atoms with van der Waals surface area (Å²) in [6.07, 6.45) is 6.33. The Morgan fingerprint density at radius 3 is 3.31 bits per heavy atom. The molecule has 0 amide bonds. The van der Waals surface area contributed by atoms with Crippen molar-refractivity contribution < 1.29 is 0 Å². The zero-order valence-electron chi connectivity index (χ0n) is 8.97. The second-order valence-corrected chi connectivity index (χ2v) is 4.79. The molecule has 0 bridgehead atoms. The molecule has 0 unspecified atom stereocenters. The minimum Gasteiger partial charge on any atom is -0.327 e. The monoisotopic (exact) mass is 234 g/mol. The molecule has 1 aliphatic heterocycles. The van der Waals surface area contributed by atoms with Crippen LogP contribution in [0, 0.1) is 0 Å². The summed E-state index contributed by atoms with van der Waals surface area (Å²) in [7, 11) is 0. The topological polar surface area (TPSA) is 42.7 Å². The molecule has 16 heavy (non-hydrogen) atoms. The lowest BCUT2D eigenvalue weighted by Gasteiger charge is -2.12. The van der Waals surface area contributed by atoms with Crippen molar-refractivity contribution in [2.24, 2.45) is 0 Å². The number of hydrogen-bond donors (Lipinski definition) is 1. The molecule has 3 rings (SSSR count).